The third-order valence-electron chi connectivity index (χ3n) is 5.18. The van der Waals surface area contributed by atoms with Gasteiger partial charge in [-0.3, -0.25) is 4.79 Å². The lowest BCUT2D eigenvalue weighted by molar-refractivity contribution is 0.0951. The van der Waals surface area contributed by atoms with Gasteiger partial charge in [0.2, 0.25) is 10.0 Å². The second-order valence-corrected chi connectivity index (χ2v) is 10.1. The molecule has 6 nitrogen and oxygen atoms in total. The molecule has 0 saturated heterocycles. The van der Waals surface area contributed by atoms with Gasteiger partial charge in [0.1, 0.15) is 5.76 Å². The summed E-state index contributed by atoms with van der Waals surface area (Å²) in [4.78, 5) is 12.3. The Hall–Kier alpha value is -2.61. The molecule has 4 rings (SSSR count). The van der Waals surface area contributed by atoms with Crippen LogP contribution in [-0.4, -0.2) is 24.7 Å². The van der Waals surface area contributed by atoms with Gasteiger partial charge in [-0.2, -0.15) is 4.31 Å². The van der Waals surface area contributed by atoms with Gasteiger partial charge in [-0.15, -0.1) is 0 Å². The smallest absolute Gasteiger partial charge is 0.251 e. The molecule has 1 amide bonds. The molecule has 0 aliphatic heterocycles. The number of benzene rings is 2. The summed E-state index contributed by atoms with van der Waals surface area (Å²) < 4.78 is 33.5. The predicted molar refractivity (Wildman–Crippen MR) is 118 cm³/mol. The molecule has 162 valence electrons. The quantitative estimate of drug-likeness (QED) is 0.538. The first-order chi connectivity index (χ1) is 14.8. The van der Waals surface area contributed by atoms with Crippen LogP contribution in [0.2, 0.25) is 5.02 Å². The van der Waals surface area contributed by atoms with Gasteiger partial charge < -0.3 is 9.73 Å². The number of furan rings is 1. The van der Waals surface area contributed by atoms with Gasteiger partial charge in [0.25, 0.3) is 5.91 Å². The normalized spacial score (nSPS) is 14.0. The molecule has 0 atom stereocenters. The molecular weight excluding hydrogens is 436 g/mol. The minimum Gasteiger partial charge on any atom is -0.468 e. The molecule has 0 spiro atoms. The van der Waals surface area contributed by atoms with Crippen molar-refractivity contribution < 1.29 is 17.6 Å². The van der Waals surface area contributed by atoms with E-state index in [0.717, 1.165) is 24.0 Å². The number of hydrogen-bond acceptors (Lipinski definition) is 4. The van der Waals surface area contributed by atoms with E-state index in [4.69, 9.17) is 16.0 Å². The summed E-state index contributed by atoms with van der Waals surface area (Å²) in [6.07, 6.45) is 3.55. The highest BCUT2D eigenvalue weighted by Gasteiger charge is 2.27. The van der Waals surface area contributed by atoms with Crippen LogP contribution in [0, 0.1) is 6.92 Å². The number of aryl methyl sites for hydroxylation is 1. The number of sulfonamides is 1. The van der Waals surface area contributed by atoms with E-state index >= 15 is 0 Å². The van der Waals surface area contributed by atoms with Crippen LogP contribution in [0.5, 0.6) is 0 Å². The number of hydrogen-bond donors (Lipinski definition) is 1. The van der Waals surface area contributed by atoms with E-state index in [0.29, 0.717) is 16.3 Å². The third-order valence-corrected chi connectivity index (χ3v) is 7.38. The highest BCUT2D eigenvalue weighted by Crippen LogP contribution is 2.26. The minimum atomic E-state index is -3.84. The van der Waals surface area contributed by atoms with E-state index in [1.807, 2.05) is 6.92 Å². The zero-order valence-corrected chi connectivity index (χ0v) is 18.6. The standard InChI is InChI=1S/C23H23ClN2O4S/c1-16-4-11-21(13-22(16)24)31(28,29)26(15-20-3-2-12-30-20)14-17-5-7-18(8-6-17)23(27)25-19-9-10-19/h2-8,11-13,19H,9-10,14-15H2,1H3,(H,25,27). The third kappa shape index (κ3) is 5.18. The lowest BCUT2D eigenvalue weighted by Gasteiger charge is -2.22. The molecule has 1 aromatic heterocycles. The van der Waals surface area contributed by atoms with Gasteiger partial charge in [-0.1, -0.05) is 29.8 Å². The van der Waals surface area contributed by atoms with Crippen LogP contribution in [0.4, 0.5) is 0 Å². The zero-order chi connectivity index (χ0) is 22.0. The van der Waals surface area contributed by atoms with Gasteiger partial charge >= 0.3 is 0 Å². The van der Waals surface area contributed by atoms with Gasteiger partial charge in [0.05, 0.1) is 17.7 Å². The summed E-state index contributed by atoms with van der Waals surface area (Å²) in [7, 11) is -3.84. The first kappa shape index (κ1) is 21.6. The first-order valence-corrected chi connectivity index (χ1v) is 11.8. The van der Waals surface area contributed by atoms with Crippen LogP contribution < -0.4 is 5.32 Å². The Kier molecular flexibility index (Phi) is 6.18. The Labute approximate surface area is 186 Å². The highest BCUT2D eigenvalue weighted by atomic mass is 35.5. The zero-order valence-electron chi connectivity index (χ0n) is 17.0. The molecular formula is C23H23ClN2O4S. The van der Waals surface area contributed by atoms with Gasteiger partial charge in [0, 0.05) is 23.2 Å². The van der Waals surface area contributed by atoms with Crippen molar-refractivity contribution in [2.45, 2.75) is 43.8 Å². The number of halogens is 1. The topological polar surface area (TPSA) is 79.6 Å². The summed E-state index contributed by atoms with van der Waals surface area (Å²) in [5.74, 6) is 0.422. The second-order valence-electron chi connectivity index (χ2n) is 7.71. The van der Waals surface area contributed by atoms with Crippen LogP contribution in [0.1, 0.15) is 40.1 Å². The highest BCUT2D eigenvalue weighted by molar-refractivity contribution is 7.89. The van der Waals surface area contributed by atoms with Crippen LogP contribution in [-0.2, 0) is 23.1 Å². The van der Waals surface area contributed by atoms with E-state index in [1.54, 1.807) is 48.5 Å². The van der Waals surface area contributed by atoms with E-state index in [1.165, 1.54) is 16.6 Å². The Bertz CT molecular complexity index is 1170. The number of carbonyl (C=O) groups excluding carboxylic acids is 1. The fourth-order valence-electron chi connectivity index (χ4n) is 3.15. The van der Waals surface area contributed by atoms with Gasteiger partial charge in [-0.25, -0.2) is 8.42 Å². The van der Waals surface area contributed by atoms with Crippen molar-refractivity contribution in [2.75, 3.05) is 0 Å². The maximum absolute atomic E-state index is 13.4. The summed E-state index contributed by atoms with van der Waals surface area (Å²) in [6, 6.07) is 15.4. The van der Waals surface area contributed by atoms with Gasteiger partial charge in [0.15, 0.2) is 0 Å². The molecule has 1 N–H and O–H groups in total. The molecule has 2 aromatic carbocycles. The molecule has 3 aromatic rings. The predicted octanol–water partition coefficient (Wildman–Crippen LogP) is 4.52. The van der Waals surface area contributed by atoms with Crippen molar-refractivity contribution in [1.82, 2.24) is 9.62 Å². The molecule has 0 radical (unpaired) electrons. The molecule has 1 aliphatic rings. The number of rotatable bonds is 8. The minimum absolute atomic E-state index is 0.0742. The fraction of sp³-hybridized carbons (Fsp3) is 0.261. The van der Waals surface area contributed by atoms with Crippen molar-refractivity contribution in [1.29, 1.82) is 0 Å². The Balaban J connectivity index is 1.58. The average Bonchev–Trinajstić information content (AvgIpc) is 3.41. The molecule has 1 saturated carbocycles. The lowest BCUT2D eigenvalue weighted by atomic mass is 10.1. The largest absolute Gasteiger partial charge is 0.468 e. The van der Waals surface area contributed by atoms with Crippen LogP contribution >= 0.6 is 11.6 Å². The summed E-state index contributed by atoms with van der Waals surface area (Å²) >= 11 is 6.18. The molecule has 1 heterocycles. The van der Waals surface area contributed by atoms with Crippen molar-refractivity contribution in [3.63, 3.8) is 0 Å². The maximum Gasteiger partial charge on any atom is 0.251 e. The SMILES string of the molecule is Cc1ccc(S(=O)(=O)N(Cc2ccc(C(=O)NC3CC3)cc2)Cc2ccco2)cc1Cl. The van der Waals surface area contributed by atoms with Crippen LogP contribution in [0.25, 0.3) is 0 Å². The number of amides is 1. The van der Waals surface area contributed by atoms with Crippen LogP contribution in [0.3, 0.4) is 0 Å². The molecule has 1 fully saturated rings. The molecule has 0 bridgehead atoms. The lowest BCUT2D eigenvalue weighted by Crippen LogP contribution is -2.30. The number of nitrogens with one attached hydrogen (secondary N) is 1. The van der Waals surface area contributed by atoms with Crippen molar-refractivity contribution in [3.8, 4) is 0 Å². The van der Waals surface area contributed by atoms with E-state index in [9.17, 15) is 13.2 Å². The first-order valence-electron chi connectivity index (χ1n) is 10.0. The Morgan fingerprint density at radius 2 is 1.87 bits per heavy atom. The Morgan fingerprint density at radius 1 is 1.13 bits per heavy atom. The fourth-order valence-corrected chi connectivity index (χ4v) is 4.81. The average molecular weight is 459 g/mol. The molecule has 1 aliphatic carbocycles. The van der Waals surface area contributed by atoms with Gasteiger partial charge in [-0.05, 0) is 67.3 Å². The van der Waals surface area contributed by atoms with E-state index < -0.39 is 10.0 Å². The van der Waals surface area contributed by atoms with E-state index in [-0.39, 0.29) is 29.9 Å². The van der Waals surface area contributed by atoms with Crippen molar-refractivity contribution >= 4 is 27.5 Å². The molecule has 31 heavy (non-hydrogen) atoms. The maximum atomic E-state index is 13.4. The monoisotopic (exact) mass is 458 g/mol. The summed E-state index contributed by atoms with van der Waals surface area (Å²) in [6.45, 7) is 2.02. The molecule has 8 heteroatoms. The van der Waals surface area contributed by atoms with Crippen molar-refractivity contribution in [2.24, 2.45) is 0 Å². The number of nitrogens with zero attached hydrogens (tertiary/aromatic N) is 1. The van der Waals surface area contributed by atoms with E-state index in [2.05, 4.69) is 5.32 Å². The van der Waals surface area contributed by atoms with Crippen LogP contribution in [0.15, 0.2) is 70.2 Å². The van der Waals surface area contributed by atoms with Crippen molar-refractivity contribution in [3.05, 3.63) is 88.3 Å². The summed E-state index contributed by atoms with van der Waals surface area (Å²) in [5.41, 5.74) is 2.12. The summed E-state index contributed by atoms with van der Waals surface area (Å²) in [5, 5.41) is 3.34. The number of carbonyl (C=O) groups is 1. The Morgan fingerprint density at radius 3 is 2.48 bits per heavy atom. The second kappa shape index (κ2) is 8.86. The molecule has 0 unspecified atom stereocenters.